The standard InChI is InChI=1S/C24H26BN3O5S2/c1-3-32-19-10-6-18(7-11-19)28-35(30,31)20-12-8-17(9-13-20)26-24(34)27-23(29)16-5-14-22(33-4-2)21(25)15-16/h5-15,28H,3-4,25H2,1-2H3,(H2,26,27,29,34). The van der Waals surface area contributed by atoms with Crippen LogP contribution >= 0.6 is 12.2 Å². The number of rotatable bonds is 9. The molecule has 0 saturated heterocycles. The molecular weight excluding hydrogens is 485 g/mol. The molecule has 0 aromatic heterocycles. The number of hydrogen-bond donors (Lipinski definition) is 3. The van der Waals surface area contributed by atoms with Gasteiger partial charge in [0.15, 0.2) is 5.11 Å². The fourth-order valence-electron chi connectivity index (χ4n) is 3.16. The maximum absolute atomic E-state index is 12.7. The second-order valence-electron chi connectivity index (χ2n) is 7.41. The number of hydrogen-bond acceptors (Lipinski definition) is 6. The SMILES string of the molecule is Bc1cc(C(=O)NC(=S)Nc2ccc(S(=O)(=O)Nc3ccc(OCC)cc3)cc2)ccc1OCC. The minimum absolute atomic E-state index is 0.0803. The van der Waals surface area contributed by atoms with Crippen LogP contribution in [0.4, 0.5) is 11.4 Å². The van der Waals surface area contributed by atoms with Gasteiger partial charge in [-0.05, 0) is 92.2 Å². The van der Waals surface area contributed by atoms with E-state index in [4.69, 9.17) is 21.7 Å². The van der Waals surface area contributed by atoms with Gasteiger partial charge in [-0.15, -0.1) is 0 Å². The van der Waals surface area contributed by atoms with Crippen molar-refractivity contribution in [1.29, 1.82) is 0 Å². The molecule has 3 N–H and O–H groups in total. The highest BCUT2D eigenvalue weighted by molar-refractivity contribution is 7.92. The fraction of sp³-hybridized carbons (Fsp3) is 0.167. The third kappa shape index (κ3) is 7.21. The molecule has 1 amide bonds. The molecule has 35 heavy (non-hydrogen) atoms. The second-order valence-corrected chi connectivity index (χ2v) is 9.50. The maximum Gasteiger partial charge on any atom is 0.261 e. The molecule has 0 radical (unpaired) electrons. The molecule has 0 aliphatic heterocycles. The van der Waals surface area contributed by atoms with E-state index in [1.54, 1.807) is 54.6 Å². The summed E-state index contributed by atoms with van der Waals surface area (Å²) in [5.74, 6) is 1.01. The van der Waals surface area contributed by atoms with Crippen molar-refractivity contribution in [2.45, 2.75) is 18.7 Å². The normalized spacial score (nSPS) is 10.8. The Labute approximate surface area is 211 Å². The van der Waals surface area contributed by atoms with Gasteiger partial charge in [-0.2, -0.15) is 0 Å². The third-order valence-corrected chi connectivity index (χ3v) is 6.41. The zero-order valence-electron chi connectivity index (χ0n) is 19.6. The summed E-state index contributed by atoms with van der Waals surface area (Å²) in [7, 11) is -1.92. The van der Waals surface area contributed by atoms with Crippen LogP contribution in [0, 0.1) is 0 Å². The maximum atomic E-state index is 12.7. The summed E-state index contributed by atoms with van der Waals surface area (Å²) in [5, 5.41) is 5.58. The van der Waals surface area contributed by atoms with Crippen molar-refractivity contribution in [3.05, 3.63) is 72.3 Å². The van der Waals surface area contributed by atoms with E-state index in [0.717, 1.165) is 11.2 Å². The van der Waals surface area contributed by atoms with Gasteiger partial charge in [0.1, 0.15) is 19.3 Å². The highest BCUT2D eigenvalue weighted by atomic mass is 32.2. The molecule has 0 aliphatic carbocycles. The molecule has 0 saturated carbocycles. The van der Waals surface area contributed by atoms with Gasteiger partial charge in [0.2, 0.25) is 0 Å². The van der Waals surface area contributed by atoms with Crippen LogP contribution in [0.25, 0.3) is 0 Å². The summed E-state index contributed by atoms with van der Waals surface area (Å²) < 4.78 is 38.8. The zero-order valence-corrected chi connectivity index (χ0v) is 21.3. The average molecular weight is 511 g/mol. The molecule has 0 unspecified atom stereocenters. The van der Waals surface area contributed by atoms with E-state index in [1.807, 2.05) is 21.7 Å². The van der Waals surface area contributed by atoms with Crippen molar-refractivity contribution in [2.75, 3.05) is 23.3 Å². The Bertz CT molecular complexity index is 1300. The van der Waals surface area contributed by atoms with Crippen LogP contribution in [-0.4, -0.2) is 40.5 Å². The number of benzene rings is 3. The number of thiocarbonyl (C=S) groups is 1. The van der Waals surface area contributed by atoms with Gasteiger partial charge >= 0.3 is 0 Å². The van der Waals surface area contributed by atoms with Crippen molar-refractivity contribution in [3.8, 4) is 11.5 Å². The first kappa shape index (κ1) is 26.0. The molecule has 3 aromatic carbocycles. The first-order valence-electron chi connectivity index (χ1n) is 10.9. The first-order chi connectivity index (χ1) is 16.7. The largest absolute Gasteiger partial charge is 0.494 e. The van der Waals surface area contributed by atoms with Crippen LogP contribution in [0.1, 0.15) is 24.2 Å². The van der Waals surface area contributed by atoms with Gasteiger partial charge < -0.3 is 14.8 Å². The first-order valence-corrected chi connectivity index (χ1v) is 12.8. The lowest BCUT2D eigenvalue weighted by atomic mass is 9.93. The van der Waals surface area contributed by atoms with Crippen molar-refractivity contribution in [3.63, 3.8) is 0 Å². The molecule has 8 nitrogen and oxygen atoms in total. The summed E-state index contributed by atoms with van der Waals surface area (Å²) in [6, 6.07) is 17.8. The number of amides is 1. The minimum Gasteiger partial charge on any atom is -0.494 e. The van der Waals surface area contributed by atoms with Gasteiger partial charge in [0.05, 0.1) is 18.1 Å². The van der Waals surface area contributed by atoms with E-state index in [-0.39, 0.29) is 15.9 Å². The summed E-state index contributed by atoms with van der Waals surface area (Å²) in [6.07, 6.45) is 0. The molecule has 0 aliphatic rings. The zero-order chi connectivity index (χ0) is 25.4. The molecule has 0 spiro atoms. The third-order valence-electron chi connectivity index (χ3n) is 4.80. The molecule has 182 valence electrons. The van der Waals surface area contributed by atoms with Crippen LogP contribution in [-0.2, 0) is 10.0 Å². The Kier molecular flexibility index (Phi) is 8.72. The number of carbonyl (C=O) groups is 1. The lowest BCUT2D eigenvalue weighted by Crippen LogP contribution is -2.34. The van der Waals surface area contributed by atoms with E-state index in [9.17, 15) is 13.2 Å². The molecule has 3 rings (SSSR count). The Hall–Kier alpha value is -3.57. The number of anilines is 2. The number of ether oxygens (including phenoxy) is 2. The fourth-order valence-corrected chi connectivity index (χ4v) is 4.43. The monoisotopic (exact) mass is 511 g/mol. The molecular formula is C24H26BN3O5S2. The summed E-state index contributed by atoms with van der Waals surface area (Å²) in [5.41, 5.74) is 2.23. The van der Waals surface area contributed by atoms with E-state index in [1.165, 1.54) is 12.1 Å². The summed E-state index contributed by atoms with van der Waals surface area (Å²) >= 11 is 5.23. The van der Waals surface area contributed by atoms with Gasteiger partial charge in [-0.25, -0.2) is 8.42 Å². The van der Waals surface area contributed by atoms with Gasteiger partial charge in [0.25, 0.3) is 15.9 Å². The van der Waals surface area contributed by atoms with Crippen molar-refractivity contribution in [1.82, 2.24) is 5.32 Å². The lowest BCUT2D eigenvalue weighted by Gasteiger charge is -2.12. The minimum atomic E-state index is -3.78. The van der Waals surface area contributed by atoms with E-state index < -0.39 is 10.0 Å². The van der Waals surface area contributed by atoms with Crippen LogP contribution in [0.15, 0.2) is 71.6 Å². The van der Waals surface area contributed by atoms with E-state index in [0.29, 0.717) is 35.9 Å². The number of nitrogens with one attached hydrogen (secondary N) is 3. The van der Waals surface area contributed by atoms with Crippen LogP contribution in [0.5, 0.6) is 11.5 Å². The quantitative estimate of drug-likeness (QED) is 0.300. The second kappa shape index (κ2) is 11.7. The number of sulfonamides is 1. The van der Waals surface area contributed by atoms with E-state index >= 15 is 0 Å². The van der Waals surface area contributed by atoms with Crippen LogP contribution in [0.2, 0.25) is 0 Å². The van der Waals surface area contributed by atoms with Crippen LogP contribution < -0.4 is 30.3 Å². The summed E-state index contributed by atoms with van der Waals surface area (Å²) in [4.78, 5) is 12.6. The predicted octanol–water partition coefficient (Wildman–Crippen LogP) is 2.67. The molecule has 0 fully saturated rings. The van der Waals surface area contributed by atoms with Gasteiger partial charge in [-0.3, -0.25) is 14.8 Å². The average Bonchev–Trinajstić information content (AvgIpc) is 2.82. The number of carbonyl (C=O) groups excluding carboxylic acids is 1. The molecule has 3 aromatic rings. The van der Waals surface area contributed by atoms with Crippen molar-refractivity contribution < 1.29 is 22.7 Å². The van der Waals surface area contributed by atoms with Crippen molar-refractivity contribution >= 4 is 57.9 Å². The molecule has 0 atom stereocenters. The Morgan fingerprint density at radius 3 is 2.14 bits per heavy atom. The van der Waals surface area contributed by atoms with Gasteiger partial charge in [-0.1, -0.05) is 6.07 Å². The molecule has 0 heterocycles. The Morgan fingerprint density at radius 2 is 1.54 bits per heavy atom. The van der Waals surface area contributed by atoms with Crippen LogP contribution in [0.3, 0.4) is 0 Å². The van der Waals surface area contributed by atoms with E-state index in [2.05, 4.69) is 15.4 Å². The lowest BCUT2D eigenvalue weighted by molar-refractivity contribution is 0.0977. The smallest absolute Gasteiger partial charge is 0.261 e. The Morgan fingerprint density at radius 1 is 0.914 bits per heavy atom. The molecule has 0 bridgehead atoms. The van der Waals surface area contributed by atoms with Crippen molar-refractivity contribution in [2.24, 2.45) is 0 Å². The highest BCUT2D eigenvalue weighted by Crippen LogP contribution is 2.21. The topological polar surface area (TPSA) is 106 Å². The highest BCUT2D eigenvalue weighted by Gasteiger charge is 2.15. The van der Waals surface area contributed by atoms with Gasteiger partial charge in [0, 0.05) is 16.9 Å². The predicted molar refractivity (Wildman–Crippen MR) is 144 cm³/mol. The Balaban J connectivity index is 1.59. The summed E-state index contributed by atoms with van der Waals surface area (Å²) in [6.45, 7) is 4.83. The molecule has 11 heteroatoms.